The second-order valence-electron chi connectivity index (χ2n) is 10.8. The predicted molar refractivity (Wildman–Crippen MR) is 144 cm³/mol. The highest BCUT2D eigenvalue weighted by Gasteiger charge is 2.40. The summed E-state index contributed by atoms with van der Waals surface area (Å²) in [7, 11) is 1.86. The summed E-state index contributed by atoms with van der Waals surface area (Å²) in [5, 5.41) is 0.659. The molecule has 1 atom stereocenters. The van der Waals surface area contributed by atoms with Gasteiger partial charge in [-0.15, -0.1) is 0 Å². The lowest BCUT2D eigenvalue weighted by molar-refractivity contribution is -0.141. The Kier molecular flexibility index (Phi) is 9.30. The summed E-state index contributed by atoms with van der Waals surface area (Å²) >= 11 is 6.04. The van der Waals surface area contributed by atoms with Gasteiger partial charge in [0.25, 0.3) is 0 Å². The van der Waals surface area contributed by atoms with Crippen molar-refractivity contribution >= 4 is 23.4 Å². The lowest BCUT2D eigenvalue weighted by Gasteiger charge is -2.43. The fraction of sp³-hybridized carbons (Fsp3) is 0.533. The molecule has 1 aliphatic carbocycles. The molecule has 0 N–H and O–H groups in total. The average molecular weight is 511 g/mol. The third-order valence-electron chi connectivity index (χ3n) is 7.83. The van der Waals surface area contributed by atoms with Crippen LogP contribution in [0.25, 0.3) is 0 Å². The largest absolute Gasteiger partial charge is 0.493 e. The molecule has 2 amide bonds. The average Bonchev–Trinajstić information content (AvgIpc) is 3.41. The summed E-state index contributed by atoms with van der Waals surface area (Å²) in [5.74, 6) is 1.74. The molecular formula is C30H39ClN2O3. The van der Waals surface area contributed by atoms with Crippen LogP contribution in [0.2, 0.25) is 5.02 Å². The summed E-state index contributed by atoms with van der Waals surface area (Å²) in [4.78, 5) is 30.4. The van der Waals surface area contributed by atoms with Gasteiger partial charge >= 0.3 is 0 Å². The Balaban J connectivity index is 1.43. The summed E-state index contributed by atoms with van der Waals surface area (Å²) in [6, 6.07) is 17.4. The van der Waals surface area contributed by atoms with Crippen molar-refractivity contribution in [3.63, 3.8) is 0 Å². The zero-order chi connectivity index (χ0) is 25.4. The molecule has 0 spiro atoms. The van der Waals surface area contributed by atoms with Gasteiger partial charge in [-0.2, -0.15) is 0 Å². The molecule has 6 heteroatoms. The molecule has 1 aliphatic heterocycles. The van der Waals surface area contributed by atoms with E-state index in [4.69, 9.17) is 16.3 Å². The van der Waals surface area contributed by atoms with E-state index in [9.17, 15) is 9.59 Å². The molecule has 4 rings (SSSR count). The molecule has 0 radical (unpaired) electrons. The predicted octanol–water partition coefficient (Wildman–Crippen LogP) is 6.35. The minimum atomic E-state index is -0.414. The van der Waals surface area contributed by atoms with Gasteiger partial charge in [0.05, 0.1) is 6.61 Å². The second-order valence-corrected chi connectivity index (χ2v) is 11.2. The Morgan fingerprint density at radius 2 is 1.78 bits per heavy atom. The summed E-state index contributed by atoms with van der Waals surface area (Å²) in [5.41, 5.74) is 0.690. The van der Waals surface area contributed by atoms with Gasteiger partial charge in [0, 0.05) is 50.0 Å². The SMILES string of the molecule is CN(Cc1ccccc1)C(=O)CC1(COc2ccc(Cl)cc2)CCCN(C(=O)CCC2CCCC2)C1. The topological polar surface area (TPSA) is 49.9 Å². The molecule has 5 nitrogen and oxygen atoms in total. The first-order chi connectivity index (χ1) is 17.4. The summed E-state index contributed by atoms with van der Waals surface area (Å²) in [6.45, 7) is 2.29. The van der Waals surface area contributed by atoms with E-state index in [-0.39, 0.29) is 11.8 Å². The number of nitrogens with zero attached hydrogens (tertiary/aromatic N) is 2. The van der Waals surface area contributed by atoms with E-state index in [1.807, 2.05) is 66.5 Å². The minimum absolute atomic E-state index is 0.0822. The molecule has 2 aromatic carbocycles. The third-order valence-corrected chi connectivity index (χ3v) is 8.08. The Hall–Kier alpha value is -2.53. The van der Waals surface area contributed by atoms with Crippen LogP contribution in [0.1, 0.15) is 63.4 Å². The Labute approximate surface area is 220 Å². The number of piperidine rings is 1. The van der Waals surface area contributed by atoms with Crippen molar-refractivity contribution in [2.24, 2.45) is 11.3 Å². The van der Waals surface area contributed by atoms with Crippen molar-refractivity contribution < 1.29 is 14.3 Å². The molecule has 0 bridgehead atoms. The molecule has 1 saturated carbocycles. The number of hydrogen-bond acceptors (Lipinski definition) is 3. The zero-order valence-corrected chi connectivity index (χ0v) is 22.2. The Morgan fingerprint density at radius 1 is 1.06 bits per heavy atom. The van der Waals surface area contributed by atoms with Crippen LogP contribution in [-0.4, -0.2) is 48.4 Å². The summed E-state index contributed by atoms with van der Waals surface area (Å²) < 4.78 is 6.20. The van der Waals surface area contributed by atoms with E-state index in [2.05, 4.69) is 0 Å². The first-order valence-electron chi connectivity index (χ1n) is 13.4. The number of ether oxygens (including phenoxy) is 1. The number of likely N-dealkylation sites (tertiary alicyclic amines) is 1. The van der Waals surface area contributed by atoms with E-state index in [0.29, 0.717) is 43.5 Å². The first-order valence-corrected chi connectivity index (χ1v) is 13.7. The monoisotopic (exact) mass is 510 g/mol. The lowest BCUT2D eigenvalue weighted by atomic mass is 9.77. The van der Waals surface area contributed by atoms with Crippen LogP contribution in [0, 0.1) is 11.3 Å². The zero-order valence-electron chi connectivity index (χ0n) is 21.5. The van der Waals surface area contributed by atoms with E-state index in [1.54, 1.807) is 4.90 Å². The smallest absolute Gasteiger partial charge is 0.223 e. The third kappa shape index (κ3) is 7.49. The highest BCUT2D eigenvalue weighted by molar-refractivity contribution is 6.30. The molecule has 0 aromatic heterocycles. The molecule has 2 aliphatic rings. The van der Waals surface area contributed by atoms with Crippen molar-refractivity contribution in [1.29, 1.82) is 0 Å². The molecule has 1 heterocycles. The number of carbonyl (C=O) groups is 2. The maximum Gasteiger partial charge on any atom is 0.223 e. The number of carbonyl (C=O) groups excluding carboxylic acids is 2. The number of amides is 2. The van der Waals surface area contributed by atoms with Crippen LogP contribution in [0.5, 0.6) is 5.75 Å². The van der Waals surface area contributed by atoms with E-state index in [1.165, 1.54) is 25.7 Å². The highest BCUT2D eigenvalue weighted by Crippen LogP contribution is 2.36. The van der Waals surface area contributed by atoms with Crippen molar-refractivity contribution in [3.8, 4) is 5.75 Å². The standard InChI is InChI=1S/C30H39ClN2O3/c1-32(21-25-10-3-2-4-11-25)29(35)20-30(23-36-27-15-13-26(31)14-16-27)18-7-19-33(22-30)28(34)17-12-24-8-5-6-9-24/h2-4,10-11,13-16,24H,5-9,12,17-23H2,1H3. The highest BCUT2D eigenvalue weighted by atomic mass is 35.5. The van der Waals surface area contributed by atoms with Gasteiger partial charge in [-0.05, 0) is 55.0 Å². The molecular weight excluding hydrogens is 472 g/mol. The number of halogens is 1. The van der Waals surface area contributed by atoms with Crippen molar-refractivity contribution in [2.75, 3.05) is 26.7 Å². The molecule has 1 saturated heterocycles. The maximum atomic E-state index is 13.4. The minimum Gasteiger partial charge on any atom is -0.493 e. The van der Waals surface area contributed by atoms with Gasteiger partial charge in [0.15, 0.2) is 0 Å². The Morgan fingerprint density at radius 3 is 2.50 bits per heavy atom. The normalized spacial score (nSPS) is 20.3. The summed E-state index contributed by atoms with van der Waals surface area (Å²) in [6.07, 6.45) is 8.81. The number of rotatable bonds is 10. The van der Waals surface area contributed by atoms with Gasteiger partial charge in [-0.1, -0.05) is 67.6 Å². The van der Waals surface area contributed by atoms with Gasteiger partial charge in [0.1, 0.15) is 5.75 Å². The Bertz CT molecular complexity index is 991. The van der Waals surface area contributed by atoms with Crippen LogP contribution >= 0.6 is 11.6 Å². The molecule has 2 aromatic rings. The van der Waals surface area contributed by atoms with Crippen LogP contribution in [0.3, 0.4) is 0 Å². The second kappa shape index (κ2) is 12.6. The van der Waals surface area contributed by atoms with Crippen molar-refractivity contribution in [2.45, 2.75) is 64.3 Å². The van der Waals surface area contributed by atoms with Crippen molar-refractivity contribution in [1.82, 2.24) is 9.80 Å². The number of hydrogen-bond donors (Lipinski definition) is 0. The molecule has 194 valence electrons. The fourth-order valence-corrected chi connectivity index (χ4v) is 5.81. The van der Waals surface area contributed by atoms with Gasteiger partial charge in [-0.3, -0.25) is 9.59 Å². The molecule has 2 fully saturated rings. The fourth-order valence-electron chi connectivity index (χ4n) is 5.69. The van der Waals surface area contributed by atoms with Crippen LogP contribution in [0.15, 0.2) is 54.6 Å². The number of benzene rings is 2. The van der Waals surface area contributed by atoms with Crippen LogP contribution < -0.4 is 4.74 Å². The van der Waals surface area contributed by atoms with Crippen molar-refractivity contribution in [3.05, 3.63) is 65.2 Å². The van der Waals surface area contributed by atoms with E-state index < -0.39 is 5.41 Å². The quantitative estimate of drug-likeness (QED) is 0.374. The van der Waals surface area contributed by atoms with Gasteiger partial charge < -0.3 is 14.5 Å². The van der Waals surface area contributed by atoms with E-state index >= 15 is 0 Å². The van der Waals surface area contributed by atoms with Gasteiger partial charge in [-0.25, -0.2) is 0 Å². The first kappa shape index (κ1) is 26.5. The molecule has 1 unspecified atom stereocenters. The maximum absolute atomic E-state index is 13.4. The van der Waals surface area contributed by atoms with Crippen LogP contribution in [0.4, 0.5) is 0 Å². The lowest BCUT2D eigenvalue weighted by Crippen LogP contribution is -2.50. The van der Waals surface area contributed by atoms with E-state index in [0.717, 1.165) is 37.1 Å². The van der Waals surface area contributed by atoms with Crippen LogP contribution in [-0.2, 0) is 16.1 Å². The molecule has 36 heavy (non-hydrogen) atoms. The van der Waals surface area contributed by atoms with Gasteiger partial charge in [0.2, 0.25) is 11.8 Å².